The van der Waals surface area contributed by atoms with Crippen molar-refractivity contribution < 1.29 is 9.59 Å². The minimum atomic E-state index is -0.0344. The molecule has 21 heavy (non-hydrogen) atoms. The fourth-order valence-electron chi connectivity index (χ4n) is 3.47. The topological polar surface area (TPSA) is 40.6 Å². The van der Waals surface area contributed by atoms with Gasteiger partial charge in [0, 0.05) is 26.2 Å². The first-order valence-corrected chi connectivity index (χ1v) is 8.66. The monoisotopic (exact) mass is 294 g/mol. The molecule has 0 aromatic heterocycles. The van der Waals surface area contributed by atoms with E-state index < -0.39 is 0 Å². The minimum absolute atomic E-state index is 0.0287. The Kier molecular flexibility index (Phi) is 5.65. The maximum Gasteiger partial charge on any atom is 0.226 e. The van der Waals surface area contributed by atoms with Crippen molar-refractivity contribution in [3.8, 4) is 0 Å². The van der Waals surface area contributed by atoms with Crippen LogP contribution < -0.4 is 0 Å². The van der Waals surface area contributed by atoms with Crippen LogP contribution in [0.25, 0.3) is 0 Å². The molecule has 2 aliphatic rings. The summed E-state index contributed by atoms with van der Waals surface area (Å²) in [6.45, 7) is 9.81. The third-order valence-electron chi connectivity index (χ3n) is 4.69. The predicted octanol–water partition coefficient (Wildman–Crippen LogP) is 2.53. The van der Waals surface area contributed by atoms with Gasteiger partial charge in [0.1, 0.15) is 0 Å². The first-order valence-electron chi connectivity index (χ1n) is 8.66. The normalized spacial score (nSPS) is 28.3. The standard InChI is InChI=1S/C17H30N2O2/c1-4-8-18(9-5-2)16(20)14-11-15(14)17(21)19-10-6-7-13(3)12-19/h13-15H,4-12H2,1-3H3. The third kappa shape index (κ3) is 3.98. The average Bonchev–Trinajstić information content (AvgIpc) is 3.26. The quantitative estimate of drug-likeness (QED) is 0.755. The fourth-order valence-corrected chi connectivity index (χ4v) is 3.47. The molecule has 1 saturated carbocycles. The van der Waals surface area contributed by atoms with Crippen molar-refractivity contribution in [1.82, 2.24) is 9.80 Å². The molecule has 0 aromatic rings. The summed E-state index contributed by atoms with van der Waals surface area (Å²) in [5.41, 5.74) is 0. The molecule has 3 atom stereocenters. The lowest BCUT2D eigenvalue weighted by atomic mass is 10.00. The summed E-state index contributed by atoms with van der Waals surface area (Å²) in [6, 6.07) is 0. The molecule has 120 valence electrons. The molecule has 2 rings (SSSR count). The Morgan fingerprint density at radius 1 is 1.14 bits per heavy atom. The summed E-state index contributed by atoms with van der Waals surface area (Å²) in [5, 5.41) is 0. The molecule has 3 unspecified atom stereocenters. The Morgan fingerprint density at radius 3 is 2.38 bits per heavy atom. The summed E-state index contributed by atoms with van der Waals surface area (Å²) in [4.78, 5) is 29.0. The van der Waals surface area contributed by atoms with Gasteiger partial charge in [0.2, 0.25) is 11.8 Å². The van der Waals surface area contributed by atoms with E-state index in [1.54, 1.807) is 0 Å². The van der Waals surface area contributed by atoms with Gasteiger partial charge in [-0.05, 0) is 38.0 Å². The van der Waals surface area contributed by atoms with E-state index in [9.17, 15) is 9.59 Å². The molecule has 4 nitrogen and oxygen atoms in total. The number of hydrogen-bond donors (Lipinski definition) is 0. The van der Waals surface area contributed by atoms with Gasteiger partial charge < -0.3 is 9.80 Å². The Balaban J connectivity index is 1.87. The highest BCUT2D eigenvalue weighted by Crippen LogP contribution is 2.42. The van der Waals surface area contributed by atoms with E-state index in [1.807, 2.05) is 9.80 Å². The van der Waals surface area contributed by atoms with Crippen LogP contribution in [-0.4, -0.2) is 47.8 Å². The largest absolute Gasteiger partial charge is 0.342 e. The number of likely N-dealkylation sites (tertiary alicyclic amines) is 1. The lowest BCUT2D eigenvalue weighted by Gasteiger charge is -2.31. The molecule has 0 bridgehead atoms. The van der Waals surface area contributed by atoms with E-state index in [-0.39, 0.29) is 23.7 Å². The van der Waals surface area contributed by atoms with Gasteiger partial charge in [0.15, 0.2) is 0 Å². The van der Waals surface area contributed by atoms with E-state index in [0.29, 0.717) is 5.92 Å². The number of nitrogens with zero attached hydrogens (tertiary/aromatic N) is 2. The van der Waals surface area contributed by atoms with Gasteiger partial charge in [-0.1, -0.05) is 20.8 Å². The number of carbonyl (C=O) groups excluding carboxylic acids is 2. The molecule has 2 amide bonds. The molecule has 1 heterocycles. The van der Waals surface area contributed by atoms with E-state index in [4.69, 9.17) is 0 Å². The molecular formula is C17H30N2O2. The zero-order chi connectivity index (χ0) is 15.4. The minimum Gasteiger partial charge on any atom is -0.342 e. The zero-order valence-corrected chi connectivity index (χ0v) is 13.8. The van der Waals surface area contributed by atoms with Gasteiger partial charge in [-0.2, -0.15) is 0 Å². The number of hydrogen-bond acceptors (Lipinski definition) is 2. The van der Waals surface area contributed by atoms with Crippen LogP contribution in [0.2, 0.25) is 0 Å². The number of piperidine rings is 1. The molecule has 1 aliphatic heterocycles. The lowest BCUT2D eigenvalue weighted by molar-refractivity contribution is -0.139. The van der Waals surface area contributed by atoms with E-state index in [0.717, 1.165) is 51.9 Å². The Hall–Kier alpha value is -1.06. The van der Waals surface area contributed by atoms with E-state index >= 15 is 0 Å². The van der Waals surface area contributed by atoms with Crippen LogP contribution in [0.5, 0.6) is 0 Å². The van der Waals surface area contributed by atoms with Gasteiger partial charge in [0.05, 0.1) is 11.8 Å². The van der Waals surface area contributed by atoms with Crippen LogP contribution >= 0.6 is 0 Å². The van der Waals surface area contributed by atoms with Crippen molar-refractivity contribution >= 4 is 11.8 Å². The lowest BCUT2D eigenvalue weighted by Crippen LogP contribution is -2.41. The SMILES string of the molecule is CCCN(CCC)C(=O)C1CC1C(=O)N1CCCC(C)C1. The molecule has 0 spiro atoms. The highest BCUT2D eigenvalue weighted by Gasteiger charge is 2.50. The number of amides is 2. The molecule has 0 radical (unpaired) electrons. The Morgan fingerprint density at radius 2 is 1.81 bits per heavy atom. The van der Waals surface area contributed by atoms with Crippen LogP contribution in [0.15, 0.2) is 0 Å². The smallest absolute Gasteiger partial charge is 0.226 e. The average molecular weight is 294 g/mol. The summed E-state index contributed by atoms with van der Waals surface area (Å²) >= 11 is 0. The van der Waals surface area contributed by atoms with Crippen LogP contribution in [-0.2, 0) is 9.59 Å². The van der Waals surface area contributed by atoms with Gasteiger partial charge in [-0.15, -0.1) is 0 Å². The molecule has 2 fully saturated rings. The second kappa shape index (κ2) is 7.28. The van der Waals surface area contributed by atoms with Crippen molar-refractivity contribution in [2.75, 3.05) is 26.2 Å². The Labute approximate surface area is 128 Å². The van der Waals surface area contributed by atoms with Gasteiger partial charge in [-0.3, -0.25) is 9.59 Å². The van der Waals surface area contributed by atoms with Crippen molar-refractivity contribution in [2.45, 2.75) is 52.9 Å². The molecule has 4 heteroatoms. The zero-order valence-electron chi connectivity index (χ0n) is 13.8. The van der Waals surface area contributed by atoms with Crippen molar-refractivity contribution in [1.29, 1.82) is 0 Å². The highest BCUT2D eigenvalue weighted by molar-refractivity contribution is 5.92. The number of carbonyl (C=O) groups is 2. The van der Waals surface area contributed by atoms with E-state index in [1.165, 1.54) is 6.42 Å². The summed E-state index contributed by atoms with van der Waals surface area (Å²) < 4.78 is 0. The summed E-state index contributed by atoms with van der Waals surface area (Å²) in [6.07, 6.45) is 5.07. The summed E-state index contributed by atoms with van der Waals surface area (Å²) in [7, 11) is 0. The first-order chi connectivity index (χ1) is 10.1. The van der Waals surface area contributed by atoms with Crippen LogP contribution in [0.3, 0.4) is 0 Å². The predicted molar refractivity (Wildman–Crippen MR) is 83.7 cm³/mol. The van der Waals surface area contributed by atoms with Gasteiger partial charge in [0.25, 0.3) is 0 Å². The second-order valence-electron chi connectivity index (χ2n) is 6.81. The van der Waals surface area contributed by atoms with Crippen molar-refractivity contribution in [3.05, 3.63) is 0 Å². The molecule has 0 aromatic carbocycles. The van der Waals surface area contributed by atoms with Crippen LogP contribution in [0.1, 0.15) is 52.9 Å². The Bertz CT molecular complexity index is 356. The van der Waals surface area contributed by atoms with Crippen LogP contribution in [0, 0.1) is 17.8 Å². The molecule has 1 aliphatic carbocycles. The fraction of sp³-hybridized carbons (Fsp3) is 0.882. The molecule has 0 N–H and O–H groups in total. The molecular weight excluding hydrogens is 264 g/mol. The van der Waals surface area contributed by atoms with Gasteiger partial charge in [-0.25, -0.2) is 0 Å². The summed E-state index contributed by atoms with van der Waals surface area (Å²) in [5.74, 6) is 0.981. The highest BCUT2D eigenvalue weighted by atomic mass is 16.2. The van der Waals surface area contributed by atoms with Gasteiger partial charge >= 0.3 is 0 Å². The van der Waals surface area contributed by atoms with Crippen molar-refractivity contribution in [2.24, 2.45) is 17.8 Å². The van der Waals surface area contributed by atoms with Crippen LogP contribution in [0.4, 0.5) is 0 Å². The van der Waals surface area contributed by atoms with Crippen molar-refractivity contribution in [3.63, 3.8) is 0 Å². The second-order valence-corrected chi connectivity index (χ2v) is 6.81. The first kappa shape index (κ1) is 16.3. The van der Waals surface area contributed by atoms with E-state index in [2.05, 4.69) is 20.8 Å². The number of rotatable bonds is 6. The maximum absolute atomic E-state index is 12.5. The maximum atomic E-state index is 12.5. The molecule has 1 saturated heterocycles. The third-order valence-corrected chi connectivity index (χ3v) is 4.69.